The zero-order valence-electron chi connectivity index (χ0n) is 8.53. The van der Waals surface area contributed by atoms with Crippen molar-refractivity contribution in [3.63, 3.8) is 0 Å². The van der Waals surface area contributed by atoms with Crippen molar-refractivity contribution < 1.29 is 18.3 Å². The highest BCUT2D eigenvalue weighted by Gasteiger charge is 2.19. The third kappa shape index (κ3) is 2.48. The van der Waals surface area contributed by atoms with Crippen molar-refractivity contribution in [2.45, 2.75) is 13.0 Å². The van der Waals surface area contributed by atoms with Crippen LogP contribution < -0.4 is 9.64 Å². The fourth-order valence-corrected chi connectivity index (χ4v) is 1.69. The molecule has 5 heteroatoms. The molecule has 0 N–H and O–H groups in total. The van der Waals surface area contributed by atoms with Gasteiger partial charge in [0.05, 0.1) is 6.54 Å². The number of carbonyl (C=O) groups excluding carboxylic acids is 1. The summed E-state index contributed by atoms with van der Waals surface area (Å²) in [6.45, 7) is -1.72. The number of carbonyl (C=O) groups is 1. The summed E-state index contributed by atoms with van der Waals surface area (Å²) >= 11 is 0. The Balaban J connectivity index is 2.04. The van der Waals surface area contributed by atoms with Gasteiger partial charge in [-0.15, -0.1) is 0 Å². The van der Waals surface area contributed by atoms with Crippen LogP contribution in [-0.4, -0.2) is 25.5 Å². The molecule has 3 nitrogen and oxygen atoms in total. The maximum absolute atomic E-state index is 11.9. The summed E-state index contributed by atoms with van der Waals surface area (Å²) in [7, 11) is 0. The molecule has 0 spiro atoms. The first kappa shape index (κ1) is 10.9. The number of ether oxygens (including phenoxy) is 1. The van der Waals surface area contributed by atoms with Crippen molar-refractivity contribution in [3.8, 4) is 5.75 Å². The van der Waals surface area contributed by atoms with Gasteiger partial charge in [0, 0.05) is 18.7 Å². The lowest BCUT2D eigenvalue weighted by molar-refractivity contribution is -0.116. The molecule has 0 atom stereocenters. The molecule has 0 unspecified atom stereocenters. The average Bonchev–Trinajstić information content (AvgIpc) is 2.65. The van der Waals surface area contributed by atoms with Crippen LogP contribution in [0, 0.1) is 0 Å². The molecule has 1 heterocycles. The monoisotopic (exact) mass is 227 g/mol. The number of hydrogen-bond acceptors (Lipinski definition) is 3. The lowest BCUT2D eigenvalue weighted by atomic mass is 10.3. The Labute approximate surface area is 91.6 Å². The first-order valence-corrected chi connectivity index (χ1v) is 4.96. The van der Waals surface area contributed by atoms with E-state index in [0.717, 1.165) is 5.69 Å². The number of anilines is 1. The number of hydrogen-bond donors (Lipinski definition) is 0. The summed E-state index contributed by atoms with van der Waals surface area (Å²) in [5.74, 6) is 0.331. The molecule has 2 rings (SSSR count). The van der Waals surface area contributed by atoms with Crippen molar-refractivity contribution in [2.24, 2.45) is 0 Å². The zero-order valence-corrected chi connectivity index (χ0v) is 8.53. The molecule has 0 radical (unpaired) electrons. The molecule has 0 aromatic heterocycles. The molecule has 1 aliphatic rings. The van der Waals surface area contributed by atoms with Crippen LogP contribution in [-0.2, 0) is 4.79 Å². The summed E-state index contributed by atoms with van der Waals surface area (Å²) in [4.78, 5) is 13.0. The minimum atomic E-state index is -2.81. The van der Waals surface area contributed by atoms with E-state index in [2.05, 4.69) is 4.74 Å². The van der Waals surface area contributed by atoms with Gasteiger partial charge in [0.25, 0.3) is 0 Å². The molecule has 1 saturated heterocycles. The van der Waals surface area contributed by atoms with Crippen LogP contribution in [0.4, 0.5) is 14.5 Å². The van der Waals surface area contributed by atoms with Crippen LogP contribution in [0.3, 0.4) is 0 Å². The van der Waals surface area contributed by atoms with E-state index < -0.39 is 6.61 Å². The SMILES string of the molecule is O=C1CCN(c2ccc(OC(F)F)cc2)C1. The van der Waals surface area contributed by atoms with Gasteiger partial charge in [-0.25, -0.2) is 0 Å². The second-order valence-corrected chi connectivity index (χ2v) is 3.58. The zero-order chi connectivity index (χ0) is 11.5. The molecule has 0 amide bonds. The van der Waals surface area contributed by atoms with E-state index in [-0.39, 0.29) is 11.5 Å². The Morgan fingerprint density at radius 3 is 2.44 bits per heavy atom. The van der Waals surface area contributed by atoms with Crippen molar-refractivity contribution in [2.75, 3.05) is 18.0 Å². The third-order valence-electron chi connectivity index (χ3n) is 2.45. The summed E-state index contributed by atoms with van der Waals surface area (Å²) in [6, 6.07) is 6.31. The summed E-state index contributed by atoms with van der Waals surface area (Å²) in [5, 5.41) is 0. The maximum atomic E-state index is 11.9. The van der Waals surface area contributed by atoms with E-state index in [0.29, 0.717) is 19.5 Å². The summed E-state index contributed by atoms with van der Waals surface area (Å²) in [5.41, 5.74) is 0.854. The number of ketones is 1. The Bertz CT molecular complexity index is 378. The highest BCUT2D eigenvalue weighted by molar-refractivity contribution is 5.87. The third-order valence-corrected chi connectivity index (χ3v) is 2.45. The predicted octanol–water partition coefficient (Wildman–Crippen LogP) is 2.07. The molecule has 0 bridgehead atoms. The lowest BCUT2D eigenvalue weighted by Gasteiger charge is -2.16. The quantitative estimate of drug-likeness (QED) is 0.791. The van der Waals surface area contributed by atoms with E-state index in [1.54, 1.807) is 12.1 Å². The molecule has 1 aliphatic heterocycles. The van der Waals surface area contributed by atoms with Crippen LogP contribution in [0.1, 0.15) is 6.42 Å². The Hall–Kier alpha value is -1.65. The largest absolute Gasteiger partial charge is 0.435 e. The van der Waals surface area contributed by atoms with Gasteiger partial charge in [0.2, 0.25) is 0 Å². The second-order valence-electron chi connectivity index (χ2n) is 3.58. The number of Topliss-reactive ketones (excluding diaryl/α,β-unsaturated/α-hetero) is 1. The fraction of sp³-hybridized carbons (Fsp3) is 0.364. The van der Waals surface area contributed by atoms with Crippen LogP contribution in [0.25, 0.3) is 0 Å². The molecule has 86 valence electrons. The first-order valence-electron chi connectivity index (χ1n) is 4.96. The molecular weight excluding hydrogens is 216 g/mol. The van der Waals surface area contributed by atoms with Gasteiger partial charge in [0.1, 0.15) is 5.75 Å². The second kappa shape index (κ2) is 4.47. The van der Waals surface area contributed by atoms with Crippen LogP contribution in [0.5, 0.6) is 5.75 Å². The molecule has 1 aromatic carbocycles. The average molecular weight is 227 g/mol. The van der Waals surface area contributed by atoms with Crippen molar-refractivity contribution in [3.05, 3.63) is 24.3 Å². The van der Waals surface area contributed by atoms with Crippen LogP contribution in [0.15, 0.2) is 24.3 Å². The molecular formula is C11H11F2NO2. The number of halogens is 2. The number of rotatable bonds is 3. The Kier molecular flexibility index (Phi) is 3.03. The normalized spacial score (nSPS) is 15.9. The smallest absolute Gasteiger partial charge is 0.387 e. The van der Waals surface area contributed by atoms with E-state index in [1.165, 1.54) is 12.1 Å². The van der Waals surface area contributed by atoms with Crippen molar-refractivity contribution >= 4 is 11.5 Å². The first-order chi connectivity index (χ1) is 7.65. The molecule has 1 aromatic rings. The van der Waals surface area contributed by atoms with Crippen LogP contribution >= 0.6 is 0 Å². The predicted molar refractivity (Wildman–Crippen MR) is 54.9 cm³/mol. The standard InChI is InChI=1S/C11H11F2NO2/c12-11(13)16-10-3-1-8(2-4-10)14-6-5-9(15)7-14/h1-4,11H,5-7H2. The molecule has 0 saturated carbocycles. The molecule has 16 heavy (non-hydrogen) atoms. The molecule has 0 aliphatic carbocycles. The number of benzene rings is 1. The minimum Gasteiger partial charge on any atom is -0.435 e. The van der Waals surface area contributed by atoms with Gasteiger partial charge in [0.15, 0.2) is 5.78 Å². The van der Waals surface area contributed by atoms with Gasteiger partial charge in [-0.1, -0.05) is 0 Å². The van der Waals surface area contributed by atoms with E-state index in [1.807, 2.05) is 4.90 Å². The minimum absolute atomic E-state index is 0.129. The summed E-state index contributed by atoms with van der Waals surface area (Å²) < 4.78 is 28.0. The van der Waals surface area contributed by atoms with Gasteiger partial charge in [-0.05, 0) is 24.3 Å². The number of nitrogens with zero attached hydrogens (tertiary/aromatic N) is 1. The Morgan fingerprint density at radius 1 is 1.25 bits per heavy atom. The maximum Gasteiger partial charge on any atom is 0.387 e. The van der Waals surface area contributed by atoms with Crippen LogP contribution in [0.2, 0.25) is 0 Å². The van der Waals surface area contributed by atoms with Gasteiger partial charge < -0.3 is 9.64 Å². The lowest BCUT2D eigenvalue weighted by Crippen LogP contribution is -2.19. The molecule has 1 fully saturated rings. The van der Waals surface area contributed by atoms with E-state index in [4.69, 9.17) is 0 Å². The fourth-order valence-electron chi connectivity index (χ4n) is 1.69. The van der Waals surface area contributed by atoms with E-state index >= 15 is 0 Å². The Morgan fingerprint density at radius 2 is 1.94 bits per heavy atom. The van der Waals surface area contributed by atoms with Gasteiger partial charge in [-0.2, -0.15) is 8.78 Å². The highest BCUT2D eigenvalue weighted by atomic mass is 19.3. The van der Waals surface area contributed by atoms with Gasteiger partial charge in [-0.3, -0.25) is 4.79 Å². The summed E-state index contributed by atoms with van der Waals surface area (Å²) in [6.07, 6.45) is 0.551. The highest BCUT2D eigenvalue weighted by Crippen LogP contribution is 2.22. The van der Waals surface area contributed by atoms with Gasteiger partial charge >= 0.3 is 6.61 Å². The number of alkyl halides is 2. The van der Waals surface area contributed by atoms with E-state index in [9.17, 15) is 13.6 Å². The van der Waals surface area contributed by atoms with Crippen molar-refractivity contribution in [1.82, 2.24) is 0 Å². The van der Waals surface area contributed by atoms with Crippen molar-refractivity contribution in [1.29, 1.82) is 0 Å². The topological polar surface area (TPSA) is 29.5 Å².